The number of carbonyl (C=O) groups is 1. The summed E-state index contributed by atoms with van der Waals surface area (Å²) in [4.78, 5) is 25.5. The van der Waals surface area contributed by atoms with Crippen LogP contribution in [0.4, 0.5) is 10.1 Å². The molecule has 2 fully saturated rings. The lowest BCUT2D eigenvalue weighted by Gasteiger charge is -2.27. The van der Waals surface area contributed by atoms with E-state index < -0.39 is 5.82 Å². The molecule has 0 spiro atoms. The van der Waals surface area contributed by atoms with Crippen molar-refractivity contribution >= 4 is 34.1 Å². The van der Waals surface area contributed by atoms with Crippen molar-refractivity contribution in [3.8, 4) is 0 Å². The van der Waals surface area contributed by atoms with Crippen LogP contribution in [0.1, 0.15) is 72.4 Å². The molecule has 0 radical (unpaired) electrons. The molecule has 6 nitrogen and oxygen atoms in total. The molecule has 1 aromatic carbocycles. The van der Waals surface area contributed by atoms with Crippen molar-refractivity contribution in [2.75, 3.05) is 24.5 Å². The van der Waals surface area contributed by atoms with Crippen molar-refractivity contribution in [1.82, 2.24) is 20.6 Å². The van der Waals surface area contributed by atoms with Gasteiger partial charge in [0.15, 0.2) is 0 Å². The van der Waals surface area contributed by atoms with Crippen molar-refractivity contribution in [1.29, 1.82) is 0 Å². The molecule has 1 aliphatic heterocycles. The molecule has 184 valence electrons. The van der Waals surface area contributed by atoms with Crippen molar-refractivity contribution < 1.29 is 9.18 Å². The second-order valence-corrected chi connectivity index (χ2v) is 10.2. The Morgan fingerprint density at radius 2 is 2.06 bits per heavy atom. The maximum Gasteiger partial charge on any atom is 0.255 e. The van der Waals surface area contributed by atoms with E-state index in [1.54, 1.807) is 18.3 Å². The Morgan fingerprint density at radius 1 is 1.26 bits per heavy atom. The molecule has 0 bridgehead atoms. The summed E-state index contributed by atoms with van der Waals surface area (Å²) in [5.41, 5.74) is 5.08. The predicted molar refractivity (Wildman–Crippen MR) is 138 cm³/mol. The molecular formula is C27H31ClFN5O. The van der Waals surface area contributed by atoms with Gasteiger partial charge in [0.25, 0.3) is 5.91 Å². The van der Waals surface area contributed by atoms with E-state index in [9.17, 15) is 9.18 Å². The third kappa shape index (κ3) is 4.98. The van der Waals surface area contributed by atoms with E-state index in [4.69, 9.17) is 21.6 Å². The number of anilines is 1. The van der Waals surface area contributed by atoms with Crippen molar-refractivity contribution in [2.45, 2.75) is 58.0 Å². The molecule has 2 N–H and O–H groups in total. The number of pyridine rings is 2. The first-order chi connectivity index (χ1) is 16.8. The molecule has 2 aromatic heterocycles. The Morgan fingerprint density at radius 3 is 2.80 bits per heavy atom. The number of nitrogens with one attached hydrogen (secondary N) is 2. The molecule has 35 heavy (non-hydrogen) atoms. The number of nitrogens with zero attached hydrogens (tertiary/aromatic N) is 3. The van der Waals surface area contributed by atoms with Gasteiger partial charge in [0.05, 0.1) is 33.5 Å². The molecule has 1 aliphatic carbocycles. The number of amides is 1. The summed E-state index contributed by atoms with van der Waals surface area (Å²) in [6.07, 6.45) is 4.94. The third-order valence-corrected chi connectivity index (χ3v) is 7.29. The first-order valence-corrected chi connectivity index (χ1v) is 12.7. The van der Waals surface area contributed by atoms with E-state index in [1.165, 1.54) is 6.07 Å². The lowest BCUT2D eigenvalue weighted by atomic mass is 10.0. The molecule has 2 atom stereocenters. The van der Waals surface area contributed by atoms with Crippen LogP contribution in [0.3, 0.4) is 0 Å². The van der Waals surface area contributed by atoms with E-state index in [0.717, 1.165) is 72.4 Å². The van der Waals surface area contributed by atoms with Crippen molar-refractivity contribution in [2.24, 2.45) is 0 Å². The minimum absolute atomic E-state index is 0.0402. The van der Waals surface area contributed by atoms with Crippen LogP contribution in [0.25, 0.3) is 10.9 Å². The highest BCUT2D eigenvalue weighted by molar-refractivity contribution is 6.30. The minimum Gasteiger partial charge on any atom is -0.369 e. The van der Waals surface area contributed by atoms with Crippen LogP contribution < -0.4 is 15.5 Å². The van der Waals surface area contributed by atoms with Gasteiger partial charge in [0, 0.05) is 48.9 Å². The average molecular weight is 496 g/mol. The van der Waals surface area contributed by atoms with Crippen LogP contribution in [-0.4, -0.2) is 41.6 Å². The first-order valence-electron chi connectivity index (χ1n) is 12.4. The Labute approximate surface area is 210 Å². The summed E-state index contributed by atoms with van der Waals surface area (Å²) < 4.78 is 13.6. The van der Waals surface area contributed by atoms with Gasteiger partial charge in [-0.3, -0.25) is 14.8 Å². The van der Waals surface area contributed by atoms with Gasteiger partial charge >= 0.3 is 0 Å². The SMILES string of the molecule is Cc1cc2c(N3CCN[C@@H](C)CC3)c(C(=O)N[C@@H](C)c3ccc(F)c(Cl)c3)cnc2c(C2CC2)n1. The minimum atomic E-state index is -0.477. The standard InChI is InChI=1S/C27H31ClFN5O/c1-15-8-10-34(11-9-30-15)26-20-12-16(2)32-24(18-4-5-18)25(20)31-14-21(26)27(35)33-17(3)19-6-7-23(29)22(28)13-19/h6-7,12-15,17-18,30H,4-5,8-11H2,1-3H3,(H,33,35)/t15-,17-/m0/s1. The van der Waals surface area contributed by atoms with Crippen LogP contribution in [0.5, 0.6) is 0 Å². The summed E-state index contributed by atoms with van der Waals surface area (Å²) in [5, 5.41) is 7.64. The molecule has 8 heteroatoms. The number of fused-ring (bicyclic) bond motifs is 1. The van der Waals surface area contributed by atoms with Gasteiger partial charge < -0.3 is 15.5 Å². The average Bonchev–Trinajstić information content (AvgIpc) is 3.68. The summed E-state index contributed by atoms with van der Waals surface area (Å²) in [7, 11) is 0. The molecule has 5 rings (SSSR count). The third-order valence-electron chi connectivity index (χ3n) is 7.00. The van der Waals surface area contributed by atoms with Crippen molar-refractivity contribution in [3.63, 3.8) is 0 Å². The predicted octanol–water partition coefficient (Wildman–Crippen LogP) is 5.29. The first kappa shape index (κ1) is 23.9. The number of rotatable bonds is 5. The van der Waals surface area contributed by atoms with E-state index in [2.05, 4.69) is 28.5 Å². The zero-order valence-corrected chi connectivity index (χ0v) is 21.1. The molecule has 1 saturated heterocycles. The lowest BCUT2D eigenvalue weighted by molar-refractivity contribution is 0.0940. The van der Waals surface area contributed by atoms with Gasteiger partial charge in [-0.15, -0.1) is 0 Å². The van der Waals surface area contributed by atoms with Crippen LogP contribution in [-0.2, 0) is 0 Å². The van der Waals surface area contributed by atoms with Gasteiger partial charge in [-0.25, -0.2) is 4.39 Å². The summed E-state index contributed by atoms with van der Waals surface area (Å²) in [6.45, 7) is 8.55. The number of benzene rings is 1. The Hall–Kier alpha value is -2.77. The Kier molecular flexibility index (Phi) is 6.64. The topological polar surface area (TPSA) is 70.2 Å². The molecule has 2 aliphatic rings. The number of hydrogen-bond donors (Lipinski definition) is 2. The van der Waals surface area contributed by atoms with Crippen LogP contribution in [0, 0.1) is 12.7 Å². The molecule has 3 heterocycles. The molecule has 1 amide bonds. The van der Waals surface area contributed by atoms with Gasteiger partial charge in [-0.05, 0) is 63.8 Å². The van der Waals surface area contributed by atoms with Crippen LogP contribution in [0.15, 0.2) is 30.5 Å². The van der Waals surface area contributed by atoms with Crippen molar-refractivity contribution in [3.05, 3.63) is 63.8 Å². The maximum atomic E-state index is 13.6. The van der Waals surface area contributed by atoms with E-state index in [1.807, 2.05) is 13.8 Å². The van der Waals surface area contributed by atoms with Gasteiger partial charge in [-0.1, -0.05) is 17.7 Å². The highest BCUT2D eigenvalue weighted by Crippen LogP contribution is 2.43. The zero-order valence-electron chi connectivity index (χ0n) is 20.4. The quantitative estimate of drug-likeness (QED) is 0.503. The van der Waals surface area contributed by atoms with E-state index in [0.29, 0.717) is 17.5 Å². The monoisotopic (exact) mass is 495 g/mol. The normalized spacial score (nSPS) is 19.5. The van der Waals surface area contributed by atoms with E-state index >= 15 is 0 Å². The smallest absolute Gasteiger partial charge is 0.255 e. The van der Waals surface area contributed by atoms with Crippen LogP contribution in [0.2, 0.25) is 5.02 Å². The Bertz CT molecular complexity index is 1280. The molecule has 3 aromatic rings. The van der Waals surface area contributed by atoms with E-state index in [-0.39, 0.29) is 17.0 Å². The molecule has 0 unspecified atom stereocenters. The number of hydrogen-bond acceptors (Lipinski definition) is 5. The number of aromatic nitrogens is 2. The summed E-state index contributed by atoms with van der Waals surface area (Å²) in [6, 6.07) is 6.65. The van der Waals surface area contributed by atoms with Crippen LogP contribution >= 0.6 is 11.6 Å². The fraction of sp³-hybridized carbons (Fsp3) is 0.444. The maximum absolute atomic E-state index is 13.6. The lowest BCUT2D eigenvalue weighted by Crippen LogP contribution is -2.33. The fourth-order valence-electron chi connectivity index (χ4n) is 4.86. The van der Waals surface area contributed by atoms with Gasteiger partial charge in [0.2, 0.25) is 0 Å². The highest BCUT2D eigenvalue weighted by atomic mass is 35.5. The second kappa shape index (κ2) is 9.70. The highest BCUT2D eigenvalue weighted by Gasteiger charge is 2.31. The zero-order chi connectivity index (χ0) is 24.7. The fourth-order valence-corrected chi connectivity index (χ4v) is 5.05. The second-order valence-electron chi connectivity index (χ2n) is 9.84. The van der Waals surface area contributed by atoms with Gasteiger partial charge in [0.1, 0.15) is 5.82 Å². The summed E-state index contributed by atoms with van der Waals surface area (Å²) >= 11 is 5.97. The number of halogens is 2. The Balaban J connectivity index is 1.57. The molecule has 1 saturated carbocycles. The van der Waals surface area contributed by atoms with Gasteiger partial charge in [-0.2, -0.15) is 0 Å². The summed E-state index contributed by atoms with van der Waals surface area (Å²) in [5.74, 6) is -0.240. The molecular weight excluding hydrogens is 465 g/mol. The number of aryl methyl sites for hydroxylation is 1. The number of carbonyl (C=O) groups excluding carboxylic acids is 1. The largest absolute Gasteiger partial charge is 0.369 e.